The molecule has 0 radical (unpaired) electrons. The number of nitrogens with one attached hydrogen (secondary N) is 1. The molecule has 2 aromatic carbocycles. The molecule has 0 aliphatic rings. The van der Waals surface area contributed by atoms with Crippen molar-refractivity contribution in [3.63, 3.8) is 0 Å². The number of urea groups is 1. The first-order valence-corrected chi connectivity index (χ1v) is 13.0. The molecule has 0 aromatic heterocycles. The van der Waals surface area contributed by atoms with Crippen LogP contribution in [0.2, 0.25) is 0 Å². The highest BCUT2D eigenvalue weighted by molar-refractivity contribution is 7.99. The Morgan fingerprint density at radius 2 is 1.61 bits per heavy atom. The summed E-state index contributed by atoms with van der Waals surface area (Å²) in [4.78, 5) is 28.6. The van der Waals surface area contributed by atoms with E-state index in [0.29, 0.717) is 25.3 Å². The van der Waals surface area contributed by atoms with Gasteiger partial charge in [0.1, 0.15) is 5.75 Å². The molecule has 0 bridgehead atoms. The number of amides is 2. The summed E-state index contributed by atoms with van der Waals surface area (Å²) in [6.07, 6.45) is 7.69. The summed E-state index contributed by atoms with van der Waals surface area (Å²) in [7, 11) is 0. The van der Waals surface area contributed by atoms with E-state index in [4.69, 9.17) is 4.74 Å². The molecular formula is C27H38N2O3S. The maximum Gasteiger partial charge on any atom is 0.321 e. The molecule has 2 aromatic rings. The van der Waals surface area contributed by atoms with Gasteiger partial charge in [-0.05, 0) is 55.7 Å². The number of unbranched alkanes of at least 4 members (excludes halogenated alkanes) is 4. The Labute approximate surface area is 203 Å². The lowest BCUT2D eigenvalue weighted by Crippen LogP contribution is -2.41. The Balaban J connectivity index is 2.08. The number of ether oxygens (including phenoxy) is 1. The molecule has 0 saturated carbocycles. The van der Waals surface area contributed by atoms with Crippen molar-refractivity contribution in [2.45, 2.75) is 81.9 Å². The van der Waals surface area contributed by atoms with Gasteiger partial charge in [0, 0.05) is 35.0 Å². The van der Waals surface area contributed by atoms with E-state index in [-0.39, 0.29) is 12.0 Å². The van der Waals surface area contributed by atoms with E-state index in [9.17, 15) is 9.59 Å². The van der Waals surface area contributed by atoms with Crippen molar-refractivity contribution in [1.82, 2.24) is 5.32 Å². The van der Waals surface area contributed by atoms with Crippen molar-refractivity contribution in [2.75, 3.05) is 18.0 Å². The molecule has 2 rings (SSSR count). The van der Waals surface area contributed by atoms with Gasteiger partial charge in [0.25, 0.3) is 0 Å². The molecule has 0 atom stereocenters. The van der Waals surface area contributed by atoms with Gasteiger partial charge >= 0.3 is 12.0 Å². The minimum absolute atomic E-state index is 0.0352. The van der Waals surface area contributed by atoms with E-state index in [1.807, 2.05) is 54.3 Å². The molecule has 0 unspecified atom stereocenters. The minimum atomic E-state index is -0.214. The molecule has 180 valence electrons. The number of anilines is 1. The van der Waals surface area contributed by atoms with Crippen LogP contribution in [0.4, 0.5) is 10.5 Å². The summed E-state index contributed by atoms with van der Waals surface area (Å²) in [5, 5.41) is 3.09. The number of hydrogen-bond donors (Lipinski definition) is 1. The van der Waals surface area contributed by atoms with Crippen molar-refractivity contribution < 1.29 is 14.3 Å². The number of rotatable bonds is 14. The molecule has 0 aliphatic heterocycles. The maximum atomic E-state index is 12.9. The van der Waals surface area contributed by atoms with Crippen LogP contribution in [0, 0.1) is 0 Å². The van der Waals surface area contributed by atoms with Crippen LogP contribution in [-0.2, 0) is 4.79 Å². The fourth-order valence-corrected chi connectivity index (χ4v) is 4.27. The van der Waals surface area contributed by atoms with Crippen LogP contribution in [0.25, 0.3) is 0 Å². The first kappa shape index (κ1) is 26.8. The molecular weight excluding hydrogens is 432 g/mol. The summed E-state index contributed by atoms with van der Waals surface area (Å²) in [5.74, 6) is 0.343. The molecule has 1 N–H and O–H groups in total. The Kier molecular flexibility index (Phi) is 12.5. The number of esters is 1. The van der Waals surface area contributed by atoms with Gasteiger partial charge in [0.05, 0.1) is 0 Å². The first-order chi connectivity index (χ1) is 16.1. The second kappa shape index (κ2) is 15.4. The normalized spacial score (nSPS) is 10.6. The maximum absolute atomic E-state index is 12.9. The van der Waals surface area contributed by atoms with E-state index in [0.717, 1.165) is 47.6 Å². The van der Waals surface area contributed by atoms with E-state index in [1.165, 1.54) is 12.8 Å². The van der Waals surface area contributed by atoms with Crippen LogP contribution in [0.15, 0.2) is 58.3 Å². The lowest BCUT2D eigenvalue weighted by atomic mass is 10.2. The van der Waals surface area contributed by atoms with Crippen LogP contribution in [0.5, 0.6) is 5.75 Å². The van der Waals surface area contributed by atoms with Crippen molar-refractivity contribution in [3.05, 3.63) is 48.5 Å². The van der Waals surface area contributed by atoms with Gasteiger partial charge < -0.3 is 10.1 Å². The molecule has 0 fully saturated rings. The standard InChI is InChI=1S/C27H38N2O3S/c1-4-7-9-10-18-28-27(31)29(19-8-5-2)22-14-11-16-24(20-22)33-25-17-12-15-23(21-25)32-26(30)13-6-3/h11-12,14-17,20-21H,4-10,13,18-19H2,1-3H3,(H,28,31). The van der Waals surface area contributed by atoms with Gasteiger partial charge in [-0.15, -0.1) is 0 Å². The molecule has 0 heterocycles. The van der Waals surface area contributed by atoms with Gasteiger partial charge in [0.2, 0.25) is 0 Å². The van der Waals surface area contributed by atoms with E-state index >= 15 is 0 Å². The van der Waals surface area contributed by atoms with E-state index in [1.54, 1.807) is 17.8 Å². The van der Waals surface area contributed by atoms with Crippen LogP contribution in [0.1, 0.15) is 72.1 Å². The second-order valence-electron chi connectivity index (χ2n) is 8.10. The van der Waals surface area contributed by atoms with Gasteiger partial charge in [-0.2, -0.15) is 0 Å². The van der Waals surface area contributed by atoms with Crippen LogP contribution in [0.3, 0.4) is 0 Å². The fourth-order valence-electron chi connectivity index (χ4n) is 3.35. The lowest BCUT2D eigenvalue weighted by molar-refractivity contribution is -0.134. The highest BCUT2D eigenvalue weighted by Crippen LogP contribution is 2.32. The third kappa shape index (κ3) is 9.91. The van der Waals surface area contributed by atoms with E-state index < -0.39 is 0 Å². The minimum Gasteiger partial charge on any atom is -0.426 e. The molecule has 33 heavy (non-hydrogen) atoms. The molecule has 0 saturated heterocycles. The summed E-state index contributed by atoms with van der Waals surface area (Å²) >= 11 is 1.59. The molecule has 2 amide bonds. The highest BCUT2D eigenvalue weighted by atomic mass is 32.2. The summed E-state index contributed by atoms with van der Waals surface area (Å²) < 4.78 is 5.42. The zero-order chi connectivity index (χ0) is 23.9. The Bertz CT molecular complexity index is 872. The Morgan fingerprint density at radius 3 is 2.33 bits per heavy atom. The molecule has 0 spiro atoms. The topological polar surface area (TPSA) is 58.6 Å². The monoisotopic (exact) mass is 470 g/mol. The number of hydrogen-bond acceptors (Lipinski definition) is 4. The summed E-state index contributed by atoms with van der Waals surface area (Å²) in [5.41, 5.74) is 0.894. The molecule has 6 heteroatoms. The van der Waals surface area contributed by atoms with Gasteiger partial charge in [-0.3, -0.25) is 9.69 Å². The fraction of sp³-hybridized carbons (Fsp3) is 0.481. The summed E-state index contributed by atoms with van der Waals surface area (Å²) in [6.45, 7) is 7.67. The third-order valence-electron chi connectivity index (χ3n) is 5.14. The quantitative estimate of drug-likeness (QED) is 0.177. The van der Waals surface area contributed by atoms with Crippen molar-refractivity contribution in [2.24, 2.45) is 0 Å². The van der Waals surface area contributed by atoms with Gasteiger partial charge in [-0.25, -0.2) is 4.79 Å². The van der Waals surface area contributed by atoms with Crippen LogP contribution in [-0.4, -0.2) is 25.1 Å². The number of carbonyl (C=O) groups is 2. The smallest absolute Gasteiger partial charge is 0.321 e. The second-order valence-corrected chi connectivity index (χ2v) is 9.24. The average Bonchev–Trinajstić information content (AvgIpc) is 2.80. The summed E-state index contributed by atoms with van der Waals surface area (Å²) in [6, 6.07) is 15.6. The van der Waals surface area contributed by atoms with Crippen molar-refractivity contribution in [1.29, 1.82) is 0 Å². The number of benzene rings is 2. The largest absolute Gasteiger partial charge is 0.426 e. The van der Waals surface area contributed by atoms with Crippen molar-refractivity contribution >= 4 is 29.4 Å². The number of carbonyl (C=O) groups excluding carboxylic acids is 2. The predicted molar refractivity (Wildman–Crippen MR) is 137 cm³/mol. The zero-order valence-corrected chi connectivity index (χ0v) is 21.1. The lowest BCUT2D eigenvalue weighted by Gasteiger charge is -2.23. The Morgan fingerprint density at radius 1 is 0.879 bits per heavy atom. The highest BCUT2D eigenvalue weighted by Gasteiger charge is 2.15. The third-order valence-corrected chi connectivity index (χ3v) is 6.12. The molecule has 5 nitrogen and oxygen atoms in total. The van der Waals surface area contributed by atoms with Gasteiger partial charge in [0.15, 0.2) is 0 Å². The molecule has 0 aliphatic carbocycles. The zero-order valence-electron chi connectivity index (χ0n) is 20.3. The first-order valence-electron chi connectivity index (χ1n) is 12.2. The predicted octanol–water partition coefficient (Wildman–Crippen LogP) is 7.44. The van der Waals surface area contributed by atoms with E-state index in [2.05, 4.69) is 19.2 Å². The Hall–Kier alpha value is -2.47. The van der Waals surface area contributed by atoms with Gasteiger partial charge in [-0.1, -0.05) is 70.3 Å². The number of nitrogens with zero attached hydrogens (tertiary/aromatic N) is 1. The van der Waals surface area contributed by atoms with Crippen LogP contribution >= 0.6 is 11.8 Å². The van der Waals surface area contributed by atoms with Crippen molar-refractivity contribution in [3.8, 4) is 5.75 Å². The average molecular weight is 471 g/mol. The van der Waals surface area contributed by atoms with Crippen LogP contribution < -0.4 is 15.0 Å². The SMILES string of the molecule is CCCCCCNC(=O)N(CCCC)c1cccc(Sc2cccc(OC(=O)CCC)c2)c1.